The van der Waals surface area contributed by atoms with Gasteiger partial charge in [-0.1, -0.05) is 26.2 Å². The van der Waals surface area contributed by atoms with Crippen LogP contribution in [0.5, 0.6) is 0 Å². The van der Waals surface area contributed by atoms with Gasteiger partial charge in [0.25, 0.3) is 0 Å². The molecule has 1 aliphatic heterocycles. The standard InChI is InChI=1S/C14H24N2O2/c1-4-11-12(17)15-14(8-6-5-7-9-14)13(18)16(11)10(2)3/h10-11H,4-9H2,1-3H3,(H,15,17). The van der Waals surface area contributed by atoms with Gasteiger partial charge in [0, 0.05) is 6.04 Å². The summed E-state index contributed by atoms with van der Waals surface area (Å²) in [6, 6.07) is -0.197. The van der Waals surface area contributed by atoms with Gasteiger partial charge in [0.2, 0.25) is 11.8 Å². The highest BCUT2D eigenvalue weighted by Crippen LogP contribution is 2.34. The lowest BCUT2D eigenvalue weighted by atomic mass is 9.78. The first-order chi connectivity index (χ1) is 8.52. The highest BCUT2D eigenvalue weighted by atomic mass is 16.2. The Balaban J connectivity index is 2.31. The Morgan fingerprint density at radius 3 is 2.39 bits per heavy atom. The van der Waals surface area contributed by atoms with Gasteiger partial charge in [-0.25, -0.2) is 0 Å². The van der Waals surface area contributed by atoms with Crippen molar-refractivity contribution in [3.05, 3.63) is 0 Å². The summed E-state index contributed by atoms with van der Waals surface area (Å²) in [4.78, 5) is 26.8. The Morgan fingerprint density at radius 2 is 1.89 bits per heavy atom. The van der Waals surface area contributed by atoms with Gasteiger partial charge in [-0.15, -0.1) is 0 Å². The third-order valence-corrected chi connectivity index (χ3v) is 4.29. The van der Waals surface area contributed by atoms with Gasteiger partial charge in [-0.05, 0) is 33.1 Å². The number of nitrogens with zero attached hydrogens (tertiary/aromatic N) is 1. The van der Waals surface area contributed by atoms with Crippen LogP contribution in [0.1, 0.15) is 59.3 Å². The second-order valence-corrected chi connectivity index (χ2v) is 5.86. The average molecular weight is 252 g/mol. The fourth-order valence-corrected chi connectivity index (χ4v) is 3.36. The van der Waals surface area contributed by atoms with E-state index in [4.69, 9.17) is 0 Å². The number of hydrogen-bond donors (Lipinski definition) is 1. The molecule has 0 radical (unpaired) electrons. The van der Waals surface area contributed by atoms with Crippen LogP contribution in [0, 0.1) is 0 Å². The molecule has 1 N–H and O–H groups in total. The zero-order valence-electron chi connectivity index (χ0n) is 11.7. The van der Waals surface area contributed by atoms with E-state index in [-0.39, 0.29) is 23.9 Å². The predicted molar refractivity (Wildman–Crippen MR) is 70.0 cm³/mol. The Morgan fingerprint density at radius 1 is 1.28 bits per heavy atom. The number of piperazine rings is 1. The molecule has 18 heavy (non-hydrogen) atoms. The van der Waals surface area contributed by atoms with Gasteiger partial charge in [-0.2, -0.15) is 0 Å². The molecule has 4 heteroatoms. The SMILES string of the molecule is CCC1C(=O)NC2(CCCCC2)C(=O)N1C(C)C. The number of carbonyl (C=O) groups is 2. The van der Waals surface area contributed by atoms with E-state index in [9.17, 15) is 9.59 Å². The van der Waals surface area contributed by atoms with E-state index in [1.165, 1.54) is 6.42 Å². The van der Waals surface area contributed by atoms with E-state index in [1.54, 1.807) is 0 Å². The Kier molecular flexibility index (Phi) is 3.64. The van der Waals surface area contributed by atoms with Gasteiger partial charge in [0.1, 0.15) is 11.6 Å². The molecule has 2 amide bonds. The summed E-state index contributed by atoms with van der Waals surface area (Å²) in [5.41, 5.74) is -0.592. The quantitative estimate of drug-likeness (QED) is 0.815. The molecule has 2 rings (SSSR count). The van der Waals surface area contributed by atoms with Gasteiger partial charge in [0.15, 0.2) is 0 Å². The summed E-state index contributed by atoms with van der Waals surface area (Å²) in [6.45, 7) is 5.96. The molecule has 1 unspecified atom stereocenters. The molecule has 1 saturated carbocycles. The normalized spacial score (nSPS) is 27.8. The molecule has 1 aliphatic carbocycles. The van der Waals surface area contributed by atoms with Crippen molar-refractivity contribution < 1.29 is 9.59 Å². The molecule has 1 heterocycles. The van der Waals surface area contributed by atoms with Crippen LogP contribution in [0.3, 0.4) is 0 Å². The summed E-state index contributed by atoms with van der Waals surface area (Å²) in [5.74, 6) is 0.177. The Bertz CT molecular complexity index is 346. The van der Waals surface area contributed by atoms with Crippen LogP contribution >= 0.6 is 0 Å². The molecule has 0 aromatic rings. The van der Waals surface area contributed by atoms with Crippen molar-refractivity contribution in [1.29, 1.82) is 0 Å². The molecule has 0 aromatic carbocycles. The molecular weight excluding hydrogens is 228 g/mol. The number of nitrogens with one attached hydrogen (secondary N) is 1. The summed E-state index contributed by atoms with van der Waals surface area (Å²) < 4.78 is 0. The van der Waals surface area contributed by atoms with Crippen molar-refractivity contribution in [2.24, 2.45) is 0 Å². The van der Waals surface area contributed by atoms with Gasteiger partial charge in [-0.3, -0.25) is 9.59 Å². The van der Waals surface area contributed by atoms with Crippen LogP contribution in [0.25, 0.3) is 0 Å². The number of rotatable bonds is 2. The van der Waals surface area contributed by atoms with E-state index < -0.39 is 5.54 Å². The second kappa shape index (κ2) is 4.90. The topological polar surface area (TPSA) is 49.4 Å². The minimum Gasteiger partial charge on any atom is -0.340 e. The molecule has 2 fully saturated rings. The molecular formula is C14H24N2O2. The minimum absolute atomic E-state index is 0.0349. The maximum Gasteiger partial charge on any atom is 0.249 e. The monoisotopic (exact) mass is 252 g/mol. The zero-order chi connectivity index (χ0) is 13.3. The molecule has 2 aliphatic rings. The highest BCUT2D eigenvalue weighted by Gasteiger charge is 2.51. The van der Waals surface area contributed by atoms with Crippen LogP contribution in [-0.4, -0.2) is 34.3 Å². The molecule has 4 nitrogen and oxygen atoms in total. The van der Waals surface area contributed by atoms with Gasteiger partial charge in [0.05, 0.1) is 0 Å². The number of carbonyl (C=O) groups excluding carboxylic acids is 2. The first-order valence-electron chi connectivity index (χ1n) is 7.16. The van der Waals surface area contributed by atoms with Crippen molar-refractivity contribution in [2.45, 2.75) is 76.9 Å². The largest absolute Gasteiger partial charge is 0.340 e. The van der Waals surface area contributed by atoms with Crippen LogP contribution in [0.4, 0.5) is 0 Å². The third kappa shape index (κ3) is 2.02. The number of amides is 2. The minimum atomic E-state index is -0.592. The first kappa shape index (κ1) is 13.4. The van der Waals surface area contributed by atoms with Crippen molar-refractivity contribution in [3.8, 4) is 0 Å². The van der Waals surface area contributed by atoms with Crippen molar-refractivity contribution >= 4 is 11.8 Å². The van der Waals surface area contributed by atoms with Crippen molar-refractivity contribution in [2.75, 3.05) is 0 Å². The lowest BCUT2D eigenvalue weighted by molar-refractivity contribution is -0.159. The molecule has 0 aromatic heterocycles. The van der Waals surface area contributed by atoms with Gasteiger partial charge >= 0.3 is 0 Å². The molecule has 0 bridgehead atoms. The van der Waals surface area contributed by atoms with E-state index in [1.807, 2.05) is 25.7 Å². The number of hydrogen-bond acceptors (Lipinski definition) is 2. The molecule has 1 spiro atoms. The average Bonchev–Trinajstić information content (AvgIpc) is 2.34. The summed E-state index contributed by atoms with van der Waals surface area (Å²) in [7, 11) is 0. The Hall–Kier alpha value is -1.06. The van der Waals surface area contributed by atoms with E-state index in [0.29, 0.717) is 6.42 Å². The van der Waals surface area contributed by atoms with Crippen molar-refractivity contribution in [1.82, 2.24) is 10.2 Å². The maximum absolute atomic E-state index is 12.8. The summed E-state index contributed by atoms with van der Waals surface area (Å²) in [5, 5.41) is 3.04. The summed E-state index contributed by atoms with van der Waals surface area (Å²) >= 11 is 0. The van der Waals surface area contributed by atoms with E-state index in [0.717, 1.165) is 25.7 Å². The maximum atomic E-state index is 12.8. The van der Waals surface area contributed by atoms with Crippen LogP contribution in [0.2, 0.25) is 0 Å². The third-order valence-electron chi connectivity index (χ3n) is 4.29. The smallest absolute Gasteiger partial charge is 0.249 e. The van der Waals surface area contributed by atoms with Gasteiger partial charge < -0.3 is 10.2 Å². The summed E-state index contributed by atoms with van der Waals surface area (Å²) in [6.07, 6.45) is 5.54. The Labute approximate surface area is 109 Å². The highest BCUT2D eigenvalue weighted by molar-refractivity contribution is 6.00. The van der Waals surface area contributed by atoms with E-state index in [2.05, 4.69) is 5.32 Å². The van der Waals surface area contributed by atoms with Crippen LogP contribution in [0.15, 0.2) is 0 Å². The van der Waals surface area contributed by atoms with E-state index >= 15 is 0 Å². The first-order valence-corrected chi connectivity index (χ1v) is 7.16. The fraction of sp³-hybridized carbons (Fsp3) is 0.857. The molecule has 1 saturated heterocycles. The predicted octanol–water partition coefficient (Wildman–Crippen LogP) is 1.83. The molecule has 102 valence electrons. The fourth-order valence-electron chi connectivity index (χ4n) is 3.36. The van der Waals surface area contributed by atoms with Crippen LogP contribution in [-0.2, 0) is 9.59 Å². The molecule has 1 atom stereocenters. The lowest BCUT2D eigenvalue weighted by Gasteiger charge is -2.49. The zero-order valence-corrected chi connectivity index (χ0v) is 11.7. The van der Waals surface area contributed by atoms with Crippen molar-refractivity contribution in [3.63, 3.8) is 0 Å². The lowest BCUT2D eigenvalue weighted by Crippen LogP contribution is -2.71. The second-order valence-electron chi connectivity index (χ2n) is 5.86. The van der Waals surface area contributed by atoms with Crippen LogP contribution < -0.4 is 5.32 Å².